The van der Waals surface area contributed by atoms with Crippen LogP contribution in [-0.2, 0) is 19.0 Å². The van der Waals surface area contributed by atoms with E-state index >= 15 is 0 Å². The van der Waals surface area contributed by atoms with Crippen molar-refractivity contribution in [1.29, 1.82) is 5.26 Å². The van der Waals surface area contributed by atoms with Gasteiger partial charge >= 0.3 is 6.18 Å². The molecule has 0 amide bonds. The molecule has 0 aliphatic heterocycles. The van der Waals surface area contributed by atoms with Crippen LogP contribution in [0, 0.1) is 31.7 Å². The Balaban J connectivity index is 3.68. The Morgan fingerprint density at radius 2 is 1.74 bits per heavy atom. The van der Waals surface area contributed by atoms with Gasteiger partial charge in [0.05, 0.1) is 11.3 Å². The van der Waals surface area contributed by atoms with Gasteiger partial charge in [-0.3, -0.25) is 25.5 Å². The van der Waals surface area contributed by atoms with Crippen LogP contribution in [0.5, 0.6) is 0 Å². The topological polar surface area (TPSA) is 134 Å². The highest BCUT2D eigenvalue weighted by atomic mass is 19.4. The van der Waals surface area contributed by atoms with Crippen molar-refractivity contribution in [2.45, 2.75) is 32.4 Å². The molecule has 0 radical (unpaired) electrons. The number of rotatable bonds is 10. The highest BCUT2D eigenvalue weighted by Gasteiger charge is 2.37. The number of hydrogen-bond acceptors (Lipinski definition) is 7. The molecule has 0 spiro atoms. The van der Waals surface area contributed by atoms with E-state index < -0.39 is 40.4 Å². The molecule has 1 rings (SSSR count). The Bertz CT molecular complexity index is 746. The molecule has 0 aliphatic carbocycles. The quantitative estimate of drug-likeness (QED) is 0.272. The number of halogens is 3. The summed E-state index contributed by atoms with van der Waals surface area (Å²) in [5, 5.41) is 35.1. The molecule has 0 unspecified atom stereocenters. The van der Waals surface area contributed by atoms with Crippen LogP contribution in [0.3, 0.4) is 0 Å². The minimum absolute atomic E-state index is 0.0225. The summed E-state index contributed by atoms with van der Waals surface area (Å²) in [6, 6.07) is 0.747. The lowest BCUT2D eigenvalue weighted by molar-refractivity contribution is -0.479. The molecule has 27 heavy (non-hydrogen) atoms. The van der Waals surface area contributed by atoms with E-state index in [0.717, 1.165) is 6.07 Å². The summed E-state index contributed by atoms with van der Waals surface area (Å²) in [5.41, 5.74) is -1.67. The lowest BCUT2D eigenvalue weighted by atomic mass is 9.94. The van der Waals surface area contributed by atoms with E-state index in [2.05, 4.69) is 5.32 Å². The van der Waals surface area contributed by atoms with Crippen LogP contribution in [0.2, 0.25) is 0 Å². The highest BCUT2D eigenvalue weighted by Crippen LogP contribution is 2.42. The average Bonchev–Trinajstić information content (AvgIpc) is 2.56. The van der Waals surface area contributed by atoms with Gasteiger partial charge < -0.3 is 5.32 Å². The zero-order chi connectivity index (χ0) is 20.6. The van der Waals surface area contributed by atoms with Gasteiger partial charge in [-0.15, -0.1) is 0 Å². The normalized spacial score (nSPS) is 10.9. The van der Waals surface area contributed by atoms with E-state index in [1.165, 1.54) is 6.19 Å². The average molecular weight is 389 g/mol. The maximum absolute atomic E-state index is 13.5. The van der Waals surface area contributed by atoms with Crippen LogP contribution < -0.4 is 10.6 Å². The van der Waals surface area contributed by atoms with Crippen molar-refractivity contribution in [2.75, 3.05) is 30.3 Å². The molecular formula is C15H18F3N5O4. The zero-order valence-corrected chi connectivity index (χ0v) is 14.4. The molecule has 0 atom stereocenters. The van der Waals surface area contributed by atoms with Crippen LogP contribution in [0.15, 0.2) is 6.07 Å². The van der Waals surface area contributed by atoms with Gasteiger partial charge in [-0.1, -0.05) is 6.92 Å². The van der Waals surface area contributed by atoms with Gasteiger partial charge in [0.15, 0.2) is 6.19 Å². The number of nitriles is 1. The molecule has 1 aromatic rings. The SMILES string of the molecule is CCCNc1c(CC[N+](=O)[O-])cc(C(F)(F)F)c(NC#N)c1CC[N+](=O)[O-]. The largest absolute Gasteiger partial charge is 0.418 e. The number of alkyl halides is 3. The van der Waals surface area contributed by atoms with E-state index in [1.54, 1.807) is 6.92 Å². The first-order chi connectivity index (χ1) is 12.6. The molecule has 0 saturated heterocycles. The number of nitrogens with zero attached hydrogens (tertiary/aromatic N) is 3. The molecular weight excluding hydrogens is 371 g/mol. The predicted molar refractivity (Wildman–Crippen MR) is 90.6 cm³/mol. The van der Waals surface area contributed by atoms with Crippen molar-refractivity contribution in [3.05, 3.63) is 43.0 Å². The van der Waals surface area contributed by atoms with Crippen molar-refractivity contribution in [3.63, 3.8) is 0 Å². The maximum atomic E-state index is 13.5. The van der Waals surface area contributed by atoms with Gasteiger partial charge in [-0.25, -0.2) is 0 Å². The lowest BCUT2D eigenvalue weighted by Gasteiger charge is -2.22. The van der Waals surface area contributed by atoms with E-state index in [-0.39, 0.29) is 29.7 Å². The van der Waals surface area contributed by atoms with Crippen LogP contribution in [0.4, 0.5) is 24.5 Å². The third-order valence-electron chi connectivity index (χ3n) is 3.66. The van der Waals surface area contributed by atoms with E-state index in [0.29, 0.717) is 13.0 Å². The van der Waals surface area contributed by atoms with Crippen molar-refractivity contribution in [1.82, 2.24) is 0 Å². The van der Waals surface area contributed by atoms with Crippen LogP contribution in [0.1, 0.15) is 30.0 Å². The number of nitrogens with one attached hydrogen (secondary N) is 2. The highest BCUT2D eigenvalue weighted by molar-refractivity contribution is 5.74. The van der Waals surface area contributed by atoms with Gasteiger partial charge in [0.25, 0.3) is 0 Å². The molecule has 148 valence electrons. The number of nitro groups is 2. The Hall–Kier alpha value is -3.10. The fraction of sp³-hybridized carbons (Fsp3) is 0.533. The van der Waals surface area contributed by atoms with Crippen LogP contribution >= 0.6 is 0 Å². The third-order valence-corrected chi connectivity index (χ3v) is 3.66. The molecule has 12 heteroatoms. The minimum atomic E-state index is -4.85. The number of benzene rings is 1. The van der Waals surface area contributed by atoms with E-state index in [9.17, 15) is 33.4 Å². The summed E-state index contributed by atoms with van der Waals surface area (Å²) in [6.45, 7) is 0.891. The first-order valence-corrected chi connectivity index (χ1v) is 8.00. The van der Waals surface area contributed by atoms with Gasteiger partial charge in [0, 0.05) is 40.5 Å². The van der Waals surface area contributed by atoms with Crippen molar-refractivity contribution >= 4 is 11.4 Å². The number of anilines is 2. The van der Waals surface area contributed by atoms with Crippen molar-refractivity contribution in [2.24, 2.45) is 0 Å². The van der Waals surface area contributed by atoms with Crippen LogP contribution in [0.25, 0.3) is 0 Å². The molecule has 2 N–H and O–H groups in total. The molecule has 0 bridgehead atoms. The Morgan fingerprint density at radius 1 is 1.15 bits per heavy atom. The van der Waals surface area contributed by atoms with Gasteiger partial charge in [-0.05, 0) is 18.1 Å². The summed E-state index contributed by atoms with van der Waals surface area (Å²) in [6.07, 6.45) is -3.50. The van der Waals surface area contributed by atoms with Crippen molar-refractivity contribution in [3.8, 4) is 6.19 Å². The zero-order valence-electron chi connectivity index (χ0n) is 14.4. The van der Waals surface area contributed by atoms with Gasteiger partial charge in [0.1, 0.15) is 0 Å². The van der Waals surface area contributed by atoms with Gasteiger partial charge in [-0.2, -0.15) is 18.4 Å². The summed E-state index contributed by atoms with van der Waals surface area (Å²) >= 11 is 0. The number of hydrogen-bond donors (Lipinski definition) is 2. The second-order valence-corrected chi connectivity index (χ2v) is 5.59. The first kappa shape index (κ1) is 21.9. The molecule has 1 aromatic carbocycles. The van der Waals surface area contributed by atoms with Gasteiger partial charge in [0.2, 0.25) is 13.1 Å². The molecule has 0 fully saturated rings. The minimum Gasteiger partial charge on any atom is -0.385 e. The smallest absolute Gasteiger partial charge is 0.385 e. The monoisotopic (exact) mass is 389 g/mol. The first-order valence-electron chi connectivity index (χ1n) is 8.00. The Kier molecular flexibility index (Phi) is 7.77. The maximum Gasteiger partial charge on any atom is 0.418 e. The second-order valence-electron chi connectivity index (χ2n) is 5.59. The summed E-state index contributed by atoms with van der Waals surface area (Å²) < 4.78 is 40.4. The van der Waals surface area contributed by atoms with Crippen LogP contribution in [-0.4, -0.2) is 29.5 Å². The van der Waals surface area contributed by atoms with E-state index in [1.807, 2.05) is 5.32 Å². The Labute approximate surface area is 152 Å². The predicted octanol–water partition coefficient (Wildman–Crippen LogP) is 3.06. The molecule has 0 saturated carbocycles. The summed E-state index contributed by atoms with van der Waals surface area (Å²) in [7, 11) is 0. The lowest BCUT2D eigenvalue weighted by Crippen LogP contribution is -2.18. The van der Waals surface area contributed by atoms with E-state index in [4.69, 9.17) is 5.26 Å². The van der Waals surface area contributed by atoms with Crippen molar-refractivity contribution < 1.29 is 23.0 Å². The molecule has 0 heterocycles. The second kappa shape index (κ2) is 9.56. The molecule has 9 nitrogen and oxygen atoms in total. The summed E-state index contributed by atoms with van der Waals surface area (Å²) in [4.78, 5) is 20.1. The molecule has 0 aromatic heterocycles. The third kappa shape index (κ3) is 6.28. The summed E-state index contributed by atoms with van der Waals surface area (Å²) in [5.74, 6) is 0. The molecule has 0 aliphatic rings. The fourth-order valence-corrected chi connectivity index (χ4v) is 2.55. The Morgan fingerprint density at radius 3 is 2.22 bits per heavy atom. The fourth-order valence-electron chi connectivity index (χ4n) is 2.55. The standard InChI is InChI=1S/C15H18F3N5O4/c1-2-5-20-13-10(3-6-22(24)25)8-12(15(16,17)18)14(21-9-19)11(13)4-7-23(26)27/h8,20-21H,2-7H2,1H3.